The highest BCUT2D eigenvalue weighted by molar-refractivity contribution is 6.01. The number of benzene rings is 2. The first-order chi connectivity index (χ1) is 15.5. The van der Waals surface area contributed by atoms with E-state index in [0.717, 1.165) is 48.5 Å². The van der Waals surface area contributed by atoms with E-state index in [1.54, 1.807) is 17.0 Å². The van der Waals surface area contributed by atoms with Gasteiger partial charge in [-0.05, 0) is 43.2 Å². The number of ether oxygens (including phenoxy) is 2. The summed E-state index contributed by atoms with van der Waals surface area (Å²) in [5.41, 5.74) is 5.15. The van der Waals surface area contributed by atoms with Gasteiger partial charge < -0.3 is 24.4 Å². The Morgan fingerprint density at radius 2 is 1.97 bits per heavy atom. The lowest BCUT2D eigenvalue weighted by Crippen LogP contribution is -2.36. The topological polar surface area (TPSA) is 90.9 Å². The molecule has 1 amide bonds. The van der Waals surface area contributed by atoms with E-state index >= 15 is 0 Å². The van der Waals surface area contributed by atoms with Gasteiger partial charge in [0.2, 0.25) is 0 Å². The summed E-state index contributed by atoms with van der Waals surface area (Å²) in [4.78, 5) is 17.4. The molecule has 2 aromatic carbocycles. The molecule has 3 aromatic rings. The molecule has 168 valence electrons. The van der Waals surface area contributed by atoms with Crippen molar-refractivity contribution in [3.05, 3.63) is 52.7 Å². The number of nitrogens with zero attached hydrogens (tertiary/aromatic N) is 3. The molecule has 0 saturated carbocycles. The predicted molar refractivity (Wildman–Crippen MR) is 121 cm³/mol. The van der Waals surface area contributed by atoms with Gasteiger partial charge >= 0.3 is 0 Å². The third-order valence-electron chi connectivity index (χ3n) is 6.12. The molecule has 0 aliphatic carbocycles. The first-order valence-electron chi connectivity index (χ1n) is 11.0. The van der Waals surface area contributed by atoms with Crippen LogP contribution in [0, 0.1) is 0 Å². The smallest absolute Gasteiger partial charge is 0.258 e. The number of phenols is 1. The average molecular weight is 437 g/mol. The van der Waals surface area contributed by atoms with Gasteiger partial charge in [0.15, 0.2) is 0 Å². The van der Waals surface area contributed by atoms with E-state index in [1.165, 1.54) is 5.69 Å². The van der Waals surface area contributed by atoms with Crippen molar-refractivity contribution >= 4 is 22.5 Å². The molecule has 0 bridgehead atoms. The molecule has 1 fully saturated rings. The molecule has 0 radical (unpaired) electrons. The maximum absolute atomic E-state index is 13.3. The van der Waals surface area contributed by atoms with E-state index in [2.05, 4.69) is 33.3 Å². The van der Waals surface area contributed by atoms with E-state index in [9.17, 15) is 9.90 Å². The number of aromatic hydroxyl groups is 1. The first kappa shape index (κ1) is 20.8. The number of aromatic amines is 1. The summed E-state index contributed by atoms with van der Waals surface area (Å²) in [7, 11) is 0. The normalized spacial score (nSPS) is 16.2. The lowest BCUT2D eigenvalue weighted by Gasteiger charge is -2.29. The minimum atomic E-state index is -0.189. The molecular weight excluding hydrogens is 408 g/mol. The van der Waals surface area contributed by atoms with Crippen molar-refractivity contribution in [2.24, 2.45) is 0 Å². The molecule has 2 aliphatic rings. The van der Waals surface area contributed by atoms with Gasteiger partial charge in [-0.15, -0.1) is 0 Å². The van der Waals surface area contributed by atoms with Gasteiger partial charge in [0.1, 0.15) is 5.75 Å². The Bertz CT molecular complexity index is 1150. The minimum Gasteiger partial charge on any atom is -0.507 e. The fourth-order valence-corrected chi connectivity index (χ4v) is 4.35. The number of carbonyl (C=O) groups excluding carboxylic acids is 1. The molecule has 3 heterocycles. The number of rotatable bonds is 5. The van der Waals surface area contributed by atoms with Crippen LogP contribution in [0.15, 0.2) is 30.3 Å². The van der Waals surface area contributed by atoms with Crippen LogP contribution in [0.25, 0.3) is 10.9 Å². The van der Waals surface area contributed by atoms with E-state index in [-0.39, 0.29) is 23.3 Å². The van der Waals surface area contributed by atoms with Crippen LogP contribution in [0.5, 0.6) is 5.75 Å². The number of nitrogens with one attached hydrogen (secondary N) is 1. The zero-order valence-electron chi connectivity index (χ0n) is 18.4. The number of phenolic OH excluding ortho intramolecular Hbond substituents is 1. The summed E-state index contributed by atoms with van der Waals surface area (Å²) >= 11 is 0. The Labute approximate surface area is 186 Å². The van der Waals surface area contributed by atoms with Gasteiger partial charge in [-0.2, -0.15) is 5.10 Å². The Kier molecular flexibility index (Phi) is 5.48. The van der Waals surface area contributed by atoms with Gasteiger partial charge in [0.05, 0.1) is 42.7 Å². The van der Waals surface area contributed by atoms with Crippen molar-refractivity contribution in [2.45, 2.75) is 39.6 Å². The lowest BCUT2D eigenvalue weighted by atomic mass is 10.1. The maximum atomic E-state index is 13.3. The third-order valence-corrected chi connectivity index (χ3v) is 6.12. The van der Waals surface area contributed by atoms with Crippen LogP contribution in [-0.2, 0) is 29.2 Å². The molecular formula is C24H28N4O4. The Morgan fingerprint density at radius 3 is 2.75 bits per heavy atom. The summed E-state index contributed by atoms with van der Waals surface area (Å²) in [5, 5.41) is 18.5. The van der Waals surface area contributed by atoms with Crippen LogP contribution in [-0.4, -0.2) is 58.5 Å². The number of hydrogen-bond donors (Lipinski definition) is 2. The predicted octanol–water partition coefficient (Wildman–Crippen LogP) is 3.19. The number of carbonyl (C=O) groups is 1. The van der Waals surface area contributed by atoms with Crippen LogP contribution in [0.3, 0.4) is 0 Å². The quantitative estimate of drug-likeness (QED) is 0.638. The number of H-pyrrole nitrogens is 1. The summed E-state index contributed by atoms with van der Waals surface area (Å²) in [5.74, 6) is -0.238. The van der Waals surface area contributed by atoms with Crippen molar-refractivity contribution in [2.75, 3.05) is 31.2 Å². The van der Waals surface area contributed by atoms with Gasteiger partial charge in [-0.25, -0.2) is 0 Å². The monoisotopic (exact) mass is 436 g/mol. The van der Waals surface area contributed by atoms with Crippen molar-refractivity contribution in [1.29, 1.82) is 0 Å². The van der Waals surface area contributed by atoms with Crippen molar-refractivity contribution in [3.8, 4) is 5.75 Å². The van der Waals surface area contributed by atoms with Crippen molar-refractivity contribution < 1.29 is 19.4 Å². The van der Waals surface area contributed by atoms with Crippen LogP contribution in [0.4, 0.5) is 5.69 Å². The van der Waals surface area contributed by atoms with E-state index < -0.39 is 0 Å². The lowest BCUT2D eigenvalue weighted by molar-refractivity contribution is 0.0642. The molecule has 0 atom stereocenters. The van der Waals surface area contributed by atoms with Crippen LogP contribution >= 0.6 is 0 Å². The van der Waals surface area contributed by atoms with Crippen LogP contribution < -0.4 is 4.90 Å². The number of aromatic nitrogens is 2. The highest BCUT2D eigenvalue weighted by Crippen LogP contribution is 2.32. The summed E-state index contributed by atoms with van der Waals surface area (Å²) in [6.45, 7) is 8.56. The molecule has 0 unspecified atom stereocenters. The maximum Gasteiger partial charge on any atom is 0.258 e. The number of hydrogen-bond acceptors (Lipinski definition) is 6. The minimum absolute atomic E-state index is 0.0487. The second kappa shape index (κ2) is 8.44. The van der Waals surface area contributed by atoms with Crippen molar-refractivity contribution in [1.82, 2.24) is 15.1 Å². The average Bonchev–Trinajstić information content (AvgIpc) is 3.40. The molecule has 2 N–H and O–H groups in total. The third kappa shape index (κ3) is 3.91. The highest BCUT2D eigenvalue weighted by atomic mass is 16.5. The fourth-order valence-electron chi connectivity index (χ4n) is 4.35. The van der Waals surface area contributed by atoms with E-state index in [4.69, 9.17) is 9.47 Å². The second-order valence-corrected chi connectivity index (χ2v) is 8.66. The van der Waals surface area contributed by atoms with Gasteiger partial charge in [0, 0.05) is 43.3 Å². The van der Waals surface area contributed by atoms with Gasteiger partial charge in [-0.1, -0.05) is 6.07 Å². The Balaban J connectivity index is 1.37. The molecule has 1 saturated heterocycles. The standard InChI is InChI=1S/C24H28N4O4/c1-15(2)32-14-22-19-10-20(23(29)11-21(19)25-26-22)24(30)28-12-16-3-4-18(9-17(16)13-28)27-5-7-31-8-6-27/h3-4,9-11,15,29H,5-8,12-14H2,1-2H3,(H,25,26). The molecule has 2 aliphatic heterocycles. The zero-order chi connectivity index (χ0) is 22.2. The van der Waals surface area contributed by atoms with E-state index in [0.29, 0.717) is 25.2 Å². The zero-order valence-corrected chi connectivity index (χ0v) is 18.4. The van der Waals surface area contributed by atoms with Crippen LogP contribution in [0.1, 0.15) is 41.0 Å². The fraction of sp³-hybridized carbons (Fsp3) is 0.417. The highest BCUT2D eigenvalue weighted by Gasteiger charge is 2.27. The molecule has 5 rings (SSSR count). The Hall–Kier alpha value is -3.10. The molecule has 8 heteroatoms. The van der Waals surface area contributed by atoms with Crippen molar-refractivity contribution in [3.63, 3.8) is 0 Å². The number of morpholine rings is 1. The molecule has 32 heavy (non-hydrogen) atoms. The number of fused-ring (bicyclic) bond motifs is 2. The molecule has 1 aromatic heterocycles. The van der Waals surface area contributed by atoms with Gasteiger partial charge in [-0.3, -0.25) is 9.89 Å². The number of anilines is 1. The summed E-state index contributed by atoms with van der Waals surface area (Å²) in [6.07, 6.45) is 0.0745. The first-order valence-corrected chi connectivity index (χ1v) is 11.0. The second-order valence-electron chi connectivity index (χ2n) is 8.66. The summed E-state index contributed by atoms with van der Waals surface area (Å²) < 4.78 is 11.1. The Morgan fingerprint density at radius 1 is 1.19 bits per heavy atom. The van der Waals surface area contributed by atoms with Gasteiger partial charge in [0.25, 0.3) is 5.91 Å². The largest absolute Gasteiger partial charge is 0.507 e. The molecule has 8 nitrogen and oxygen atoms in total. The summed E-state index contributed by atoms with van der Waals surface area (Å²) in [6, 6.07) is 9.68. The molecule has 0 spiro atoms. The van der Waals surface area contributed by atoms with Crippen LogP contribution in [0.2, 0.25) is 0 Å². The van der Waals surface area contributed by atoms with E-state index in [1.807, 2.05) is 13.8 Å². The number of amides is 1. The SMILES string of the molecule is CC(C)OCc1n[nH]c2cc(O)c(C(=O)N3Cc4ccc(N5CCOCC5)cc4C3)cc12.